The van der Waals surface area contributed by atoms with Gasteiger partial charge in [0.15, 0.2) is 0 Å². The maximum atomic E-state index is 12.7. The first kappa shape index (κ1) is 17.7. The Kier molecular flexibility index (Phi) is 5.27. The monoisotopic (exact) mass is 398 g/mol. The van der Waals surface area contributed by atoms with Crippen molar-refractivity contribution in [3.8, 4) is 0 Å². The van der Waals surface area contributed by atoms with Crippen LogP contribution >= 0.6 is 12.4 Å². The summed E-state index contributed by atoms with van der Waals surface area (Å²) < 4.78 is 0. The minimum Gasteiger partial charge on any atom is -0.147 e. The number of carbonyl (C=O) groups excluding carboxylic acids is 4. The zero-order valence-electron chi connectivity index (χ0n) is 12.4. The third-order valence-electron chi connectivity index (χ3n) is 3.92. The second-order valence-corrected chi connectivity index (χ2v) is 7.54. The number of carbonyl (C=O) groups is 4. The largest absolute Gasteiger partial charge is 0.147 e. The van der Waals surface area contributed by atoms with Crippen LogP contribution in [0.2, 0.25) is 5.71 Å². The van der Waals surface area contributed by atoms with Crippen molar-refractivity contribution < 1.29 is 19.2 Å². The average molecular weight is 399 g/mol. The predicted molar refractivity (Wildman–Crippen MR) is 87.1 cm³/mol. The van der Waals surface area contributed by atoms with Gasteiger partial charge < -0.3 is 0 Å². The zero-order chi connectivity index (χ0) is 15.9. The second-order valence-electron chi connectivity index (χ2n) is 5.32. The van der Waals surface area contributed by atoms with Gasteiger partial charge in [-0.1, -0.05) is 0 Å². The molecule has 6 nitrogen and oxygen atoms in total. The Balaban J connectivity index is 0.00000192. The van der Waals surface area contributed by atoms with Crippen molar-refractivity contribution in [1.29, 1.82) is 0 Å². The Labute approximate surface area is 146 Å². The topological polar surface area (TPSA) is 83.6 Å². The van der Waals surface area contributed by atoms with Gasteiger partial charge >= 0.3 is 133 Å². The summed E-state index contributed by atoms with van der Waals surface area (Å²) in [5.41, 5.74) is 3.81. The van der Waals surface area contributed by atoms with Gasteiger partial charge in [-0.2, -0.15) is 0 Å². The minimum atomic E-state index is -0.893. The van der Waals surface area contributed by atoms with E-state index in [4.69, 9.17) is 0 Å². The molecule has 8 heteroatoms. The number of benzene rings is 1. The number of fused-ring (bicyclic) bond motifs is 1. The van der Waals surface area contributed by atoms with Crippen molar-refractivity contribution in [3.05, 3.63) is 34.9 Å². The molecule has 0 aromatic heterocycles. The number of imide groups is 2. The number of hydrogen-bond donors (Lipinski definition) is 1. The van der Waals surface area contributed by atoms with Crippen LogP contribution in [0.25, 0.3) is 0 Å². The summed E-state index contributed by atoms with van der Waals surface area (Å²) in [6.07, 6.45) is 0.324. The maximum Gasteiger partial charge on any atom is -0.147 e. The molecule has 23 heavy (non-hydrogen) atoms. The van der Waals surface area contributed by atoms with E-state index in [1.165, 1.54) is 0 Å². The number of nitrogens with zero attached hydrogens (tertiary/aromatic N) is 1. The molecule has 0 radical (unpaired) electrons. The minimum absolute atomic E-state index is 0. The van der Waals surface area contributed by atoms with Gasteiger partial charge in [-0.15, -0.1) is 12.4 Å². The molecule has 0 aliphatic carbocycles. The van der Waals surface area contributed by atoms with E-state index >= 15 is 0 Å². The summed E-state index contributed by atoms with van der Waals surface area (Å²) in [6, 6.07) is 4.37. The first-order valence-corrected chi connectivity index (χ1v) is 10.6. The van der Waals surface area contributed by atoms with Crippen LogP contribution in [0, 0.1) is 0 Å². The molecule has 2 unspecified atom stereocenters. The van der Waals surface area contributed by atoms with Crippen LogP contribution in [0.1, 0.15) is 39.1 Å². The predicted octanol–water partition coefficient (Wildman–Crippen LogP) is 0.494. The van der Waals surface area contributed by atoms with Crippen molar-refractivity contribution in [2.24, 2.45) is 0 Å². The van der Waals surface area contributed by atoms with Gasteiger partial charge in [0.1, 0.15) is 0 Å². The first-order valence-electron chi connectivity index (χ1n) is 7.02. The Bertz CT molecular complexity index is 707. The molecule has 2 heterocycles. The normalized spacial score (nSPS) is 20.7. The van der Waals surface area contributed by atoms with Crippen LogP contribution in [-0.4, -0.2) is 50.3 Å². The summed E-state index contributed by atoms with van der Waals surface area (Å²) in [6.45, 7) is 0. The molecule has 0 saturated carbocycles. The molecule has 122 valence electrons. The van der Waals surface area contributed by atoms with E-state index in [2.05, 4.69) is 11.0 Å². The molecule has 1 N–H and O–H groups in total. The summed E-state index contributed by atoms with van der Waals surface area (Å²) >= 11 is -0.190. The van der Waals surface area contributed by atoms with E-state index in [0.29, 0.717) is 11.1 Å². The SMILES string of the molecule is C[AsH]Cc1cccc2c1C(=O)N(C1CCC(=O)NC1=O)C2=O.Cl. The molecule has 1 saturated heterocycles. The molecule has 2 aliphatic heterocycles. The van der Waals surface area contributed by atoms with Crippen LogP contribution in [0.5, 0.6) is 0 Å². The number of nitrogens with one attached hydrogen (secondary N) is 1. The van der Waals surface area contributed by atoms with Crippen molar-refractivity contribution >= 4 is 51.8 Å². The maximum absolute atomic E-state index is 12.7. The van der Waals surface area contributed by atoms with E-state index in [1.54, 1.807) is 12.1 Å². The standard InChI is InChI=1S/C15H15AsN2O4.ClH/c1-16-7-8-3-2-4-9-12(8)15(22)18(14(9)21)10-5-6-11(19)17-13(10)20;/h2-4,10,16H,5-7H2,1H3,(H,17,19,20);1H. The summed E-state index contributed by atoms with van der Waals surface area (Å²) in [7, 11) is 0. The van der Waals surface area contributed by atoms with Crippen molar-refractivity contribution in [3.63, 3.8) is 0 Å². The molecule has 0 bridgehead atoms. The quantitative estimate of drug-likeness (QED) is 0.593. The number of amides is 4. The van der Waals surface area contributed by atoms with Crippen molar-refractivity contribution in [1.82, 2.24) is 10.2 Å². The third kappa shape index (κ3) is 2.93. The van der Waals surface area contributed by atoms with Crippen molar-refractivity contribution in [2.75, 3.05) is 0 Å². The van der Waals surface area contributed by atoms with Crippen LogP contribution < -0.4 is 5.32 Å². The average Bonchev–Trinajstić information content (AvgIpc) is 2.73. The van der Waals surface area contributed by atoms with Gasteiger partial charge in [-0.3, -0.25) is 0 Å². The van der Waals surface area contributed by atoms with Gasteiger partial charge in [0.05, 0.1) is 0 Å². The van der Waals surface area contributed by atoms with Gasteiger partial charge in [-0.25, -0.2) is 0 Å². The smallest absolute Gasteiger partial charge is 0.147 e. The van der Waals surface area contributed by atoms with Crippen LogP contribution in [0.3, 0.4) is 0 Å². The third-order valence-corrected chi connectivity index (χ3v) is 5.46. The molecule has 1 fully saturated rings. The molecule has 1 aromatic rings. The van der Waals surface area contributed by atoms with Gasteiger partial charge in [0.25, 0.3) is 0 Å². The summed E-state index contributed by atoms with van der Waals surface area (Å²) in [4.78, 5) is 49.5. The van der Waals surface area contributed by atoms with Gasteiger partial charge in [-0.05, 0) is 0 Å². The fraction of sp³-hybridized carbons (Fsp3) is 0.333. The van der Waals surface area contributed by atoms with Gasteiger partial charge in [0, 0.05) is 0 Å². The fourth-order valence-electron chi connectivity index (χ4n) is 2.92. The fourth-order valence-corrected chi connectivity index (χ4v) is 4.34. The molecule has 2 aliphatic rings. The van der Waals surface area contributed by atoms with Crippen molar-refractivity contribution in [2.45, 2.75) is 29.8 Å². The van der Waals surface area contributed by atoms with E-state index in [1.807, 2.05) is 6.07 Å². The molecule has 2 atom stereocenters. The summed E-state index contributed by atoms with van der Waals surface area (Å²) in [5.74, 6) is -1.79. The van der Waals surface area contributed by atoms with E-state index in [0.717, 1.165) is 15.7 Å². The van der Waals surface area contributed by atoms with E-state index < -0.39 is 23.8 Å². The zero-order valence-corrected chi connectivity index (χ0v) is 15.3. The molecule has 0 spiro atoms. The van der Waals surface area contributed by atoms with Crippen LogP contribution in [0.4, 0.5) is 0 Å². The molecule has 4 amide bonds. The summed E-state index contributed by atoms with van der Waals surface area (Å²) in [5, 5.41) is 3.02. The second kappa shape index (κ2) is 6.85. The Morgan fingerprint density at radius 1 is 1.22 bits per heavy atom. The molecule has 1 aromatic carbocycles. The Morgan fingerprint density at radius 2 is 1.96 bits per heavy atom. The molecule has 3 rings (SSSR count). The van der Waals surface area contributed by atoms with Crippen LogP contribution in [0.15, 0.2) is 18.2 Å². The van der Waals surface area contributed by atoms with E-state index in [-0.39, 0.29) is 46.9 Å². The van der Waals surface area contributed by atoms with E-state index in [9.17, 15) is 19.2 Å². The number of halogens is 1. The number of rotatable bonds is 3. The Hall–Kier alpha value is -1.65. The number of piperidine rings is 1. The molecular weight excluding hydrogens is 383 g/mol. The van der Waals surface area contributed by atoms with Crippen LogP contribution in [-0.2, 0) is 14.8 Å². The van der Waals surface area contributed by atoms with Gasteiger partial charge in [0.2, 0.25) is 0 Å². The molecular formula is C15H16AsClN2O4. The number of hydrogen-bond acceptors (Lipinski definition) is 4. The Morgan fingerprint density at radius 3 is 2.61 bits per heavy atom. The first-order chi connectivity index (χ1) is 10.5.